The van der Waals surface area contributed by atoms with Gasteiger partial charge in [-0.15, -0.1) is 0 Å². The van der Waals surface area contributed by atoms with Crippen LogP contribution in [0.1, 0.15) is 31.2 Å². The predicted molar refractivity (Wildman–Crippen MR) is 79.7 cm³/mol. The zero-order valence-corrected chi connectivity index (χ0v) is 12.0. The second-order valence-corrected chi connectivity index (χ2v) is 5.94. The Hall–Kier alpha value is -1.88. The highest BCUT2D eigenvalue weighted by molar-refractivity contribution is 5.82. The summed E-state index contributed by atoms with van der Waals surface area (Å²) in [6.45, 7) is 0.403. The van der Waals surface area contributed by atoms with Gasteiger partial charge in [0.2, 0.25) is 5.91 Å². The monoisotopic (exact) mass is 290 g/mol. The van der Waals surface area contributed by atoms with Crippen molar-refractivity contribution in [2.45, 2.75) is 38.1 Å². The molecule has 0 radical (unpaired) electrons. The Morgan fingerprint density at radius 3 is 2.48 bits per heavy atom. The number of carbonyl (C=O) groups excluding carboxylic acids is 1. The number of rotatable bonds is 7. The lowest BCUT2D eigenvalue weighted by Gasteiger charge is -2.41. The number of benzene rings is 1. The molecule has 0 bridgehead atoms. The molecule has 1 aliphatic carbocycles. The van der Waals surface area contributed by atoms with Crippen molar-refractivity contribution in [3.8, 4) is 0 Å². The lowest BCUT2D eigenvalue weighted by Crippen LogP contribution is -2.48. The van der Waals surface area contributed by atoms with Crippen molar-refractivity contribution >= 4 is 11.9 Å². The van der Waals surface area contributed by atoms with Crippen LogP contribution >= 0.6 is 0 Å². The maximum atomic E-state index is 12.0. The minimum Gasteiger partial charge on any atom is -0.481 e. The third-order valence-electron chi connectivity index (χ3n) is 4.21. The van der Waals surface area contributed by atoms with E-state index in [0.29, 0.717) is 13.0 Å². The highest BCUT2D eigenvalue weighted by Gasteiger charge is 2.39. The number of carbonyl (C=O) groups is 2. The molecule has 1 saturated carbocycles. The largest absolute Gasteiger partial charge is 0.481 e. The highest BCUT2D eigenvalue weighted by Crippen LogP contribution is 2.43. The van der Waals surface area contributed by atoms with Gasteiger partial charge < -0.3 is 16.2 Å². The van der Waals surface area contributed by atoms with E-state index in [1.54, 1.807) is 0 Å². The van der Waals surface area contributed by atoms with E-state index < -0.39 is 12.0 Å². The fourth-order valence-electron chi connectivity index (χ4n) is 2.78. The van der Waals surface area contributed by atoms with Crippen molar-refractivity contribution in [1.29, 1.82) is 0 Å². The van der Waals surface area contributed by atoms with Gasteiger partial charge in [-0.2, -0.15) is 0 Å². The van der Waals surface area contributed by atoms with Crippen molar-refractivity contribution in [2.24, 2.45) is 11.1 Å². The van der Waals surface area contributed by atoms with Gasteiger partial charge in [-0.3, -0.25) is 9.59 Å². The highest BCUT2D eigenvalue weighted by atomic mass is 16.4. The third-order valence-corrected chi connectivity index (χ3v) is 4.21. The maximum Gasteiger partial charge on any atom is 0.303 e. The van der Waals surface area contributed by atoms with Gasteiger partial charge in [0.1, 0.15) is 0 Å². The van der Waals surface area contributed by atoms with Gasteiger partial charge >= 0.3 is 5.97 Å². The SMILES string of the molecule is N[C@H](Cc1ccccc1)C(=O)NCC1(CC(=O)O)CCC1. The van der Waals surface area contributed by atoms with Crippen molar-refractivity contribution < 1.29 is 14.7 Å². The number of carboxylic acids is 1. The quantitative estimate of drug-likeness (QED) is 0.706. The summed E-state index contributed by atoms with van der Waals surface area (Å²) < 4.78 is 0. The van der Waals surface area contributed by atoms with Crippen molar-refractivity contribution in [3.63, 3.8) is 0 Å². The molecule has 0 spiro atoms. The average molecular weight is 290 g/mol. The fourth-order valence-corrected chi connectivity index (χ4v) is 2.78. The molecule has 0 unspecified atom stereocenters. The van der Waals surface area contributed by atoms with Crippen LogP contribution in [0.2, 0.25) is 0 Å². The minimum atomic E-state index is -0.808. The van der Waals surface area contributed by atoms with Crippen LogP contribution in [-0.4, -0.2) is 29.6 Å². The summed E-state index contributed by atoms with van der Waals surface area (Å²) in [5, 5.41) is 11.8. The van der Waals surface area contributed by atoms with E-state index in [9.17, 15) is 9.59 Å². The first-order chi connectivity index (χ1) is 10.0. The fraction of sp³-hybridized carbons (Fsp3) is 0.500. The van der Waals surface area contributed by atoms with Gasteiger partial charge in [0.15, 0.2) is 0 Å². The zero-order valence-electron chi connectivity index (χ0n) is 12.0. The number of carboxylic acid groups (broad SMARTS) is 1. The standard InChI is InChI=1S/C16H22N2O3/c17-13(9-12-5-2-1-3-6-12)15(21)18-11-16(7-4-8-16)10-14(19)20/h1-3,5-6,13H,4,7-11,17H2,(H,18,21)(H,19,20)/t13-/m1/s1. The molecule has 1 amide bonds. The van der Waals surface area contributed by atoms with Crippen LogP contribution in [0, 0.1) is 5.41 Å². The first-order valence-corrected chi connectivity index (χ1v) is 7.30. The summed E-state index contributed by atoms with van der Waals surface area (Å²) in [5.74, 6) is -1.02. The van der Waals surface area contributed by atoms with Gasteiger partial charge in [-0.25, -0.2) is 0 Å². The summed E-state index contributed by atoms with van der Waals surface area (Å²) in [5.41, 5.74) is 6.66. The zero-order chi connectivity index (χ0) is 15.3. The van der Waals surface area contributed by atoms with Crippen LogP contribution in [0.25, 0.3) is 0 Å². The Bertz CT molecular complexity index is 498. The van der Waals surface area contributed by atoms with Crippen LogP contribution in [0.4, 0.5) is 0 Å². The van der Waals surface area contributed by atoms with Crippen LogP contribution < -0.4 is 11.1 Å². The van der Waals surface area contributed by atoms with E-state index in [4.69, 9.17) is 10.8 Å². The van der Waals surface area contributed by atoms with Gasteiger partial charge in [0, 0.05) is 6.54 Å². The molecular formula is C16H22N2O3. The molecule has 1 aliphatic rings. The van der Waals surface area contributed by atoms with Crippen molar-refractivity contribution in [3.05, 3.63) is 35.9 Å². The lowest BCUT2D eigenvalue weighted by molar-refractivity contribution is -0.142. The van der Waals surface area contributed by atoms with E-state index in [1.165, 1.54) is 0 Å². The molecule has 5 heteroatoms. The predicted octanol–water partition coefficient (Wildman–Crippen LogP) is 1.32. The molecule has 0 aliphatic heterocycles. The van der Waals surface area contributed by atoms with E-state index in [-0.39, 0.29) is 17.7 Å². The Kier molecular flexibility index (Phi) is 4.96. The normalized spacial score (nSPS) is 17.6. The summed E-state index contributed by atoms with van der Waals surface area (Å²) in [6, 6.07) is 9.01. The van der Waals surface area contributed by atoms with Crippen LogP contribution in [0.15, 0.2) is 30.3 Å². The smallest absolute Gasteiger partial charge is 0.303 e. The van der Waals surface area contributed by atoms with Crippen LogP contribution in [-0.2, 0) is 16.0 Å². The second-order valence-electron chi connectivity index (χ2n) is 5.94. The summed E-state index contributed by atoms with van der Waals surface area (Å²) in [6.07, 6.45) is 3.33. The van der Waals surface area contributed by atoms with E-state index in [0.717, 1.165) is 24.8 Å². The minimum absolute atomic E-state index is 0.112. The molecule has 0 saturated heterocycles. The van der Waals surface area contributed by atoms with Crippen molar-refractivity contribution in [1.82, 2.24) is 5.32 Å². The van der Waals surface area contributed by atoms with Crippen molar-refractivity contribution in [2.75, 3.05) is 6.54 Å². The van der Waals surface area contributed by atoms with E-state index in [1.807, 2.05) is 30.3 Å². The third kappa shape index (κ3) is 4.29. The maximum absolute atomic E-state index is 12.0. The first-order valence-electron chi connectivity index (χ1n) is 7.30. The molecule has 0 aromatic heterocycles. The molecule has 1 aromatic carbocycles. The Balaban J connectivity index is 1.82. The Morgan fingerprint density at radius 2 is 1.95 bits per heavy atom. The molecule has 1 fully saturated rings. The van der Waals surface area contributed by atoms with Crippen LogP contribution in [0.5, 0.6) is 0 Å². The summed E-state index contributed by atoms with van der Waals surface area (Å²) in [7, 11) is 0. The first kappa shape index (κ1) is 15.5. The number of nitrogens with two attached hydrogens (primary N) is 1. The second kappa shape index (κ2) is 6.72. The van der Waals surface area contributed by atoms with Gasteiger partial charge in [-0.05, 0) is 30.2 Å². The average Bonchev–Trinajstić information content (AvgIpc) is 2.42. The molecule has 4 N–H and O–H groups in total. The molecule has 114 valence electrons. The topological polar surface area (TPSA) is 92.4 Å². The number of hydrogen-bond donors (Lipinski definition) is 3. The molecule has 1 aromatic rings. The van der Waals surface area contributed by atoms with E-state index >= 15 is 0 Å². The molecule has 0 heterocycles. The molecule has 21 heavy (non-hydrogen) atoms. The molecule has 5 nitrogen and oxygen atoms in total. The summed E-state index contributed by atoms with van der Waals surface area (Å²) in [4.78, 5) is 22.9. The van der Waals surface area contributed by atoms with Crippen LogP contribution in [0.3, 0.4) is 0 Å². The van der Waals surface area contributed by atoms with Gasteiger partial charge in [0.05, 0.1) is 12.5 Å². The van der Waals surface area contributed by atoms with Gasteiger partial charge in [-0.1, -0.05) is 36.8 Å². The number of nitrogens with one attached hydrogen (secondary N) is 1. The van der Waals surface area contributed by atoms with E-state index in [2.05, 4.69) is 5.32 Å². The number of amides is 1. The number of aliphatic carboxylic acids is 1. The Labute approximate surface area is 124 Å². The number of hydrogen-bond acceptors (Lipinski definition) is 3. The summed E-state index contributed by atoms with van der Waals surface area (Å²) >= 11 is 0. The lowest BCUT2D eigenvalue weighted by atomic mass is 9.66. The molecule has 1 atom stereocenters. The van der Waals surface area contributed by atoms with Gasteiger partial charge in [0.25, 0.3) is 0 Å². The Morgan fingerprint density at radius 1 is 1.29 bits per heavy atom. The molecular weight excluding hydrogens is 268 g/mol. The molecule has 2 rings (SSSR count).